The van der Waals surface area contributed by atoms with E-state index in [9.17, 15) is 9.59 Å². The van der Waals surface area contributed by atoms with Crippen LogP contribution in [0.5, 0.6) is 0 Å². The van der Waals surface area contributed by atoms with Gasteiger partial charge in [0.2, 0.25) is 0 Å². The second kappa shape index (κ2) is 7.91. The fourth-order valence-corrected chi connectivity index (χ4v) is 1.91. The first-order valence-corrected chi connectivity index (χ1v) is 6.85. The normalized spacial score (nSPS) is 11.7. The first-order valence-electron chi connectivity index (χ1n) is 6.05. The minimum absolute atomic E-state index is 0.0232. The number of rotatable bonds is 5. The summed E-state index contributed by atoms with van der Waals surface area (Å²) in [4.78, 5) is 23.4. The van der Waals surface area contributed by atoms with Crippen molar-refractivity contribution in [3.8, 4) is 0 Å². The zero-order chi connectivity index (χ0) is 14.3. The molecule has 0 radical (unpaired) electrons. The largest absolute Gasteiger partial charge is 0.396 e. The smallest absolute Gasteiger partial charge is 0.313 e. The van der Waals surface area contributed by atoms with E-state index in [1.54, 1.807) is 18.2 Å². The topological polar surface area (TPSA) is 78.4 Å². The summed E-state index contributed by atoms with van der Waals surface area (Å²) in [6.45, 7) is 1.86. The maximum absolute atomic E-state index is 11.7. The monoisotopic (exact) mass is 328 g/mol. The zero-order valence-electron chi connectivity index (χ0n) is 10.6. The van der Waals surface area contributed by atoms with Crippen LogP contribution in [-0.4, -0.2) is 29.6 Å². The van der Waals surface area contributed by atoms with Crippen molar-refractivity contribution in [1.29, 1.82) is 0 Å². The number of hydrogen-bond acceptors (Lipinski definition) is 3. The van der Waals surface area contributed by atoms with Gasteiger partial charge in [-0.15, -0.1) is 0 Å². The lowest BCUT2D eigenvalue weighted by Crippen LogP contribution is -2.42. The second-order valence-electron chi connectivity index (χ2n) is 4.02. The van der Waals surface area contributed by atoms with E-state index in [0.717, 1.165) is 0 Å². The highest BCUT2D eigenvalue weighted by Gasteiger charge is 2.18. The SMILES string of the molecule is CCC(CCO)NC(=O)C(=O)Nc1ccccc1Br. The molecule has 0 aromatic heterocycles. The standard InChI is InChI=1S/C13H17BrN2O3/c1-2-9(7-8-17)15-12(18)13(19)16-11-6-4-3-5-10(11)14/h3-6,9,17H,2,7-8H2,1H3,(H,15,18)(H,16,19). The minimum atomic E-state index is -0.719. The summed E-state index contributed by atoms with van der Waals surface area (Å²) >= 11 is 3.28. The molecule has 1 rings (SSSR count). The van der Waals surface area contributed by atoms with Crippen LogP contribution in [0.25, 0.3) is 0 Å². The minimum Gasteiger partial charge on any atom is -0.396 e. The predicted octanol–water partition coefficient (Wildman–Crippen LogP) is 1.66. The molecule has 1 aromatic rings. The summed E-state index contributed by atoms with van der Waals surface area (Å²) in [6, 6.07) is 6.85. The van der Waals surface area contributed by atoms with Gasteiger partial charge >= 0.3 is 11.8 Å². The van der Waals surface area contributed by atoms with Crippen molar-refractivity contribution in [2.75, 3.05) is 11.9 Å². The molecule has 1 unspecified atom stereocenters. The third-order valence-corrected chi connectivity index (χ3v) is 3.33. The zero-order valence-corrected chi connectivity index (χ0v) is 12.2. The highest BCUT2D eigenvalue weighted by atomic mass is 79.9. The highest BCUT2D eigenvalue weighted by molar-refractivity contribution is 9.10. The molecule has 0 aliphatic rings. The van der Waals surface area contributed by atoms with Crippen molar-refractivity contribution >= 4 is 33.4 Å². The van der Waals surface area contributed by atoms with E-state index in [1.807, 2.05) is 13.0 Å². The molecule has 0 fully saturated rings. The number of carbonyl (C=O) groups excluding carboxylic acids is 2. The molecule has 0 saturated carbocycles. The Labute approximate surface area is 120 Å². The van der Waals surface area contributed by atoms with Crippen molar-refractivity contribution in [3.05, 3.63) is 28.7 Å². The van der Waals surface area contributed by atoms with Crippen LogP contribution in [0.3, 0.4) is 0 Å². The molecule has 3 N–H and O–H groups in total. The summed E-state index contributed by atoms with van der Waals surface area (Å²) in [6.07, 6.45) is 1.10. The summed E-state index contributed by atoms with van der Waals surface area (Å²) in [5.41, 5.74) is 0.540. The Kier molecular flexibility index (Phi) is 6.52. The molecule has 2 amide bonds. The Morgan fingerprint density at radius 2 is 2.00 bits per heavy atom. The van der Waals surface area contributed by atoms with Crippen LogP contribution < -0.4 is 10.6 Å². The summed E-state index contributed by atoms with van der Waals surface area (Å²) in [5.74, 6) is -1.42. The van der Waals surface area contributed by atoms with Gasteiger partial charge in [0, 0.05) is 17.1 Å². The lowest BCUT2D eigenvalue weighted by atomic mass is 10.1. The number of nitrogens with one attached hydrogen (secondary N) is 2. The highest BCUT2D eigenvalue weighted by Crippen LogP contribution is 2.20. The molecule has 1 aromatic carbocycles. The third kappa shape index (κ3) is 5.00. The van der Waals surface area contributed by atoms with Crippen LogP contribution in [0.1, 0.15) is 19.8 Å². The second-order valence-corrected chi connectivity index (χ2v) is 4.88. The van der Waals surface area contributed by atoms with E-state index >= 15 is 0 Å². The molecule has 0 aliphatic heterocycles. The number of hydrogen-bond donors (Lipinski definition) is 3. The number of aliphatic hydroxyl groups is 1. The Hall–Kier alpha value is -1.40. The maximum atomic E-state index is 11.7. The van der Waals surface area contributed by atoms with Crippen molar-refractivity contribution in [1.82, 2.24) is 5.32 Å². The first kappa shape index (κ1) is 15.7. The van der Waals surface area contributed by atoms with Gasteiger partial charge in [-0.2, -0.15) is 0 Å². The summed E-state index contributed by atoms with van der Waals surface area (Å²) in [7, 11) is 0. The fraction of sp³-hybridized carbons (Fsp3) is 0.385. The number of carbonyl (C=O) groups is 2. The molecule has 0 spiro atoms. The maximum Gasteiger partial charge on any atom is 0.313 e. The lowest BCUT2D eigenvalue weighted by molar-refractivity contribution is -0.136. The Balaban J connectivity index is 2.58. The van der Waals surface area contributed by atoms with Gasteiger partial charge in [0.05, 0.1) is 5.69 Å². The summed E-state index contributed by atoms with van der Waals surface area (Å²) < 4.78 is 0.707. The van der Waals surface area contributed by atoms with Crippen molar-refractivity contribution < 1.29 is 14.7 Å². The van der Waals surface area contributed by atoms with E-state index in [1.165, 1.54) is 0 Å². The number of amides is 2. The fourth-order valence-electron chi connectivity index (χ4n) is 1.53. The van der Waals surface area contributed by atoms with Crippen LogP contribution in [-0.2, 0) is 9.59 Å². The van der Waals surface area contributed by atoms with E-state index in [-0.39, 0.29) is 12.6 Å². The molecular formula is C13H17BrN2O3. The number of anilines is 1. The number of halogens is 1. The Bertz CT molecular complexity index is 451. The van der Waals surface area contributed by atoms with Gasteiger partial charge in [0.15, 0.2) is 0 Å². The quantitative estimate of drug-likeness (QED) is 0.719. The molecule has 6 heteroatoms. The molecule has 0 saturated heterocycles. The van der Waals surface area contributed by atoms with E-state index in [4.69, 9.17) is 5.11 Å². The van der Waals surface area contributed by atoms with Crippen molar-refractivity contribution in [2.24, 2.45) is 0 Å². The number of para-hydroxylation sites is 1. The average Bonchev–Trinajstić information content (AvgIpc) is 2.40. The van der Waals surface area contributed by atoms with Gasteiger partial charge < -0.3 is 15.7 Å². The van der Waals surface area contributed by atoms with E-state index < -0.39 is 11.8 Å². The number of benzene rings is 1. The Morgan fingerprint density at radius 1 is 1.32 bits per heavy atom. The van der Waals surface area contributed by atoms with Gasteiger partial charge in [-0.3, -0.25) is 9.59 Å². The van der Waals surface area contributed by atoms with Crippen LogP contribution in [0, 0.1) is 0 Å². The van der Waals surface area contributed by atoms with E-state index in [2.05, 4.69) is 26.6 Å². The van der Waals surface area contributed by atoms with Gasteiger partial charge in [-0.25, -0.2) is 0 Å². The van der Waals surface area contributed by atoms with Gasteiger partial charge in [-0.1, -0.05) is 19.1 Å². The van der Waals surface area contributed by atoms with Crippen LogP contribution >= 0.6 is 15.9 Å². The molecule has 0 aliphatic carbocycles. The van der Waals surface area contributed by atoms with Crippen LogP contribution in [0.4, 0.5) is 5.69 Å². The lowest BCUT2D eigenvalue weighted by Gasteiger charge is -2.15. The van der Waals surface area contributed by atoms with Crippen molar-refractivity contribution in [2.45, 2.75) is 25.8 Å². The average molecular weight is 329 g/mol. The van der Waals surface area contributed by atoms with E-state index in [0.29, 0.717) is 23.0 Å². The molecule has 1 atom stereocenters. The van der Waals surface area contributed by atoms with Gasteiger partial charge in [0.1, 0.15) is 0 Å². The van der Waals surface area contributed by atoms with Gasteiger partial charge in [0.25, 0.3) is 0 Å². The first-order chi connectivity index (χ1) is 9.08. The molecule has 0 heterocycles. The van der Waals surface area contributed by atoms with Crippen molar-refractivity contribution in [3.63, 3.8) is 0 Å². The summed E-state index contributed by atoms with van der Waals surface area (Å²) in [5, 5.41) is 13.9. The number of aliphatic hydroxyl groups excluding tert-OH is 1. The third-order valence-electron chi connectivity index (χ3n) is 2.63. The molecule has 104 valence electrons. The Morgan fingerprint density at radius 3 is 2.58 bits per heavy atom. The molecule has 0 bridgehead atoms. The van der Waals surface area contributed by atoms with Crippen LogP contribution in [0.15, 0.2) is 28.7 Å². The van der Waals surface area contributed by atoms with Crippen LogP contribution in [0.2, 0.25) is 0 Å². The molecular weight excluding hydrogens is 312 g/mol. The van der Waals surface area contributed by atoms with Gasteiger partial charge in [-0.05, 0) is 40.9 Å². The molecule has 19 heavy (non-hydrogen) atoms. The predicted molar refractivity (Wildman–Crippen MR) is 76.7 cm³/mol. The molecule has 5 nitrogen and oxygen atoms in total.